The minimum absolute atomic E-state index is 0.597. The second kappa shape index (κ2) is 5.93. The van der Waals surface area contributed by atoms with Crippen molar-refractivity contribution < 1.29 is 9.15 Å². The van der Waals surface area contributed by atoms with E-state index in [9.17, 15) is 0 Å². The Morgan fingerprint density at radius 1 is 1.09 bits per heavy atom. The first-order valence-corrected chi connectivity index (χ1v) is 7.85. The van der Waals surface area contributed by atoms with Crippen molar-refractivity contribution in [2.75, 3.05) is 38.2 Å². The topological polar surface area (TPSA) is 50.5 Å². The number of hydrogen-bond acceptors (Lipinski definition) is 5. The summed E-state index contributed by atoms with van der Waals surface area (Å²) >= 11 is 0. The largest absolute Gasteiger partial charge is 0.496 e. The molecule has 0 atom stereocenters. The number of piperazine rings is 1. The maximum absolute atomic E-state index is 5.99. The zero-order chi connectivity index (χ0) is 15.6. The maximum atomic E-state index is 5.99. The minimum atomic E-state index is 0.597. The van der Waals surface area contributed by atoms with Gasteiger partial charge >= 0.3 is 0 Å². The monoisotopic (exact) mass is 309 g/mol. The van der Waals surface area contributed by atoms with Gasteiger partial charge in [0.25, 0.3) is 0 Å². The third-order valence-corrected chi connectivity index (χ3v) is 4.19. The van der Waals surface area contributed by atoms with Crippen LogP contribution >= 0.6 is 0 Å². The molecule has 4 rings (SSSR count). The van der Waals surface area contributed by atoms with Crippen molar-refractivity contribution in [3.05, 3.63) is 42.5 Å². The Bertz CT molecular complexity index is 822. The Morgan fingerprint density at radius 3 is 2.74 bits per heavy atom. The lowest BCUT2D eigenvalue weighted by atomic mass is 10.2. The van der Waals surface area contributed by atoms with E-state index in [2.05, 4.69) is 16.3 Å². The van der Waals surface area contributed by atoms with Crippen LogP contribution in [0.1, 0.15) is 0 Å². The van der Waals surface area contributed by atoms with Crippen molar-refractivity contribution >= 4 is 16.8 Å². The highest BCUT2D eigenvalue weighted by Gasteiger charge is 2.18. The van der Waals surface area contributed by atoms with E-state index >= 15 is 0 Å². The van der Waals surface area contributed by atoms with E-state index in [1.165, 1.54) is 0 Å². The van der Waals surface area contributed by atoms with Gasteiger partial charge < -0.3 is 19.4 Å². The number of nitrogens with one attached hydrogen (secondary N) is 1. The van der Waals surface area contributed by atoms with Crippen LogP contribution in [0.3, 0.4) is 0 Å². The molecular formula is C18H19N3O2. The number of benzene rings is 2. The lowest BCUT2D eigenvalue weighted by Crippen LogP contribution is -2.43. The number of methoxy groups -OCH3 is 1. The Morgan fingerprint density at radius 2 is 1.91 bits per heavy atom. The fraction of sp³-hybridized carbons (Fsp3) is 0.278. The van der Waals surface area contributed by atoms with Crippen LogP contribution in [0.2, 0.25) is 0 Å². The van der Waals surface area contributed by atoms with Crippen LogP contribution in [-0.4, -0.2) is 38.3 Å². The summed E-state index contributed by atoms with van der Waals surface area (Å²) in [6.45, 7) is 3.95. The predicted molar refractivity (Wildman–Crippen MR) is 91.1 cm³/mol. The van der Waals surface area contributed by atoms with E-state index in [1.54, 1.807) is 7.11 Å². The summed E-state index contributed by atoms with van der Waals surface area (Å²) in [5, 5.41) is 3.38. The van der Waals surface area contributed by atoms with Crippen LogP contribution in [-0.2, 0) is 0 Å². The molecule has 0 unspecified atom stereocenters. The molecule has 5 heteroatoms. The Kier molecular flexibility index (Phi) is 3.63. The van der Waals surface area contributed by atoms with Gasteiger partial charge in [-0.2, -0.15) is 0 Å². The van der Waals surface area contributed by atoms with Crippen molar-refractivity contribution in [1.82, 2.24) is 10.3 Å². The summed E-state index contributed by atoms with van der Waals surface area (Å²) in [6.07, 6.45) is 0. The molecule has 1 N–H and O–H groups in total. The highest BCUT2D eigenvalue weighted by molar-refractivity contribution is 5.89. The molecule has 1 fully saturated rings. The lowest BCUT2D eigenvalue weighted by Gasteiger charge is -2.29. The molecule has 1 aliphatic rings. The molecule has 0 aliphatic carbocycles. The van der Waals surface area contributed by atoms with E-state index in [0.29, 0.717) is 5.89 Å². The zero-order valence-electron chi connectivity index (χ0n) is 13.1. The molecule has 0 bridgehead atoms. The van der Waals surface area contributed by atoms with Crippen molar-refractivity contribution in [2.45, 2.75) is 0 Å². The fourth-order valence-electron chi connectivity index (χ4n) is 3.03. The number of anilines is 1. The summed E-state index contributed by atoms with van der Waals surface area (Å²) in [5.41, 5.74) is 3.73. The Hall–Kier alpha value is -2.53. The fourth-order valence-corrected chi connectivity index (χ4v) is 3.03. The van der Waals surface area contributed by atoms with Crippen molar-refractivity contribution in [3.8, 4) is 17.2 Å². The first kappa shape index (κ1) is 14.1. The summed E-state index contributed by atoms with van der Waals surface area (Å²) < 4.78 is 11.4. The molecule has 23 heavy (non-hydrogen) atoms. The zero-order valence-corrected chi connectivity index (χ0v) is 13.1. The van der Waals surface area contributed by atoms with E-state index in [0.717, 1.165) is 54.3 Å². The summed E-state index contributed by atoms with van der Waals surface area (Å²) in [5.74, 6) is 1.36. The third kappa shape index (κ3) is 2.53. The molecule has 5 nitrogen and oxygen atoms in total. The maximum Gasteiger partial charge on any atom is 0.231 e. The van der Waals surface area contributed by atoms with Gasteiger partial charge in [0.05, 0.1) is 18.4 Å². The lowest BCUT2D eigenvalue weighted by molar-refractivity contribution is 0.414. The number of aromatic nitrogens is 1. The molecule has 0 saturated carbocycles. The normalized spacial score (nSPS) is 15.1. The molecule has 2 aromatic carbocycles. The number of fused-ring (bicyclic) bond motifs is 1. The quantitative estimate of drug-likeness (QED) is 0.806. The predicted octanol–water partition coefficient (Wildman–Crippen LogP) is 2.91. The van der Waals surface area contributed by atoms with Crippen LogP contribution in [0.4, 0.5) is 5.69 Å². The van der Waals surface area contributed by atoms with Gasteiger partial charge in [-0.3, -0.25) is 0 Å². The van der Waals surface area contributed by atoms with Gasteiger partial charge in [0, 0.05) is 26.2 Å². The minimum Gasteiger partial charge on any atom is -0.496 e. The van der Waals surface area contributed by atoms with Crippen LogP contribution in [0.15, 0.2) is 46.9 Å². The smallest absolute Gasteiger partial charge is 0.231 e. The molecule has 118 valence electrons. The van der Waals surface area contributed by atoms with Crippen LogP contribution in [0, 0.1) is 0 Å². The van der Waals surface area contributed by atoms with Crippen LogP contribution < -0.4 is 15.0 Å². The highest BCUT2D eigenvalue weighted by atomic mass is 16.5. The average molecular weight is 309 g/mol. The molecule has 0 amide bonds. The van der Waals surface area contributed by atoms with Gasteiger partial charge in [-0.15, -0.1) is 0 Å². The van der Waals surface area contributed by atoms with Gasteiger partial charge in [-0.25, -0.2) is 4.98 Å². The Labute approximate surface area is 134 Å². The van der Waals surface area contributed by atoms with Gasteiger partial charge in [0.15, 0.2) is 5.58 Å². The van der Waals surface area contributed by atoms with Gasteiger partial charge in [0.1, 0.15) is 11.3 Å². The first-order chi connectivity index (χ1) is 11.4. The number of rotatable bonds is 3. The van der Waals surface area contributed by atoms with Gasteiger partial charge in [0.2, 0.25) is 5.89 Å². The van der Waals surface area contributed by atoms with E-state index in [4.69, 9.17) is 14.1 Å². The summed E-state index contributed by atoms with van der Waals surface area (Å²) in [7, 11) is 1.66. The van der Waals surface area contributed by atoms with Crippen molar-refractivity contribution in [2.24, 2.45) is 0 Å². The van der Waals surface area contributed by atoms with E-state index < -0.39 is 0 Å². The number of para-hydroxylation sites is 2. The first-order valence-electron chi connectivity index (χ1n) is 7.85. The van der Waals surface area contributed by atoms with E-state index in [-0.39, 0.29) is 0 Å². The number of hydrogen-bond donors (Lipinski definition) is 1. The molecule has 0 spiro atoms. The van der Waals surface area contributed by atoms with E-state index in [1.807, 2.05) is 36.4 Å². The van der Waals surface area contributed by atoms with Gasteiger partial charge in [-0.05, 0) is 24.3 Å². The number of oxazole rings is 1. The molecule has 1 saturated heterocycles. The molecule has 0 radical (unpaired) electrons. The summed E-state index contributed by atoms with van der Waals surface area (Å²) in [6, 6.07) is 13.9. The van der Waals surface area contributed by atoms with Crippen LogP contribution in [0.25, 0.3) is 22.6 Å². The molecule has 1 aliphatic heterocycles. The number of ether oxygens (including phenoxy) is 1. The molecule has 3 aromatic rings. The summed E-state index contributed by atoms with van der Waals surface area (Å²) in [4.78, 5) is 7.11. The molecule has 2 heterocycles. The van der Waals surface area contributed by atoms with Crippen molar-refractivity contribution in [1.29, 1.82) is 0 Å². The van der Waals surface area contributed by atoms with Crippen LogP contribution in [0.5, 0.6) is 5.75 Å². The molecular weight excluding hydrogens is 290 g/mol. The Balaban J connectivity index is 1.81. The van der Waals surface area contributed by atoms with Crippen molar-refractivity contribution in [3.63, 3.8) is 0 Å². The molecule has 1 aromatic heterocycles. The second-order valence-corrected chi connectivity index (χ2v) is 5.58. The third-order valence-electron chi connectivity index (χ3n) is 4.19. The highest BCUT2D eigenvalue weighted by Crippen LogP contribution is 2.34. The SMILES string of the molecule is COc1ccccc1-c1nc2c(N3CCNCC3)cccc2o1. The second-order valence-electron chi connectivity index (χ2n) is 5.58. The van der Waals surface area contributed by atoms with Gasteiger partial charge in [-0.1, -0.05) is 18.2 Å². The number of nitrogens with zero attached hydrogens (tertiary/aromatic N) is 2. The standard InChI is InChI=1S/C18H19N3O2/c1-22-15-7-3-2-5-13(15)18-20-17-14(6-4-8-16(17)23-18)21-11-9-19-10-12-21/h2-8,19H,9-12H2,1H3. The average Bonchev–Trinajstić information content (AvgIpc) is 3.06.